The lowest BCUT2D eigenvalue weighted by Gasteiger charge is -2.08. The molecule has 82 valence electrons. The molecule has 2 heteroatoms. The van der Waals surface area contributed by atoms with Crippen molar-refractivity contribution in [1.29, 1.82) is 0 Å². The molecule has 0 N–H and O–H groups in total. The predicted molar refractivity (Wildman–Crippen MR) is 61.3 cm³/mol. The van der Waals surface area contributed by atoms with Crippen LogP contribution in [0.15, 0.2) is 36.4 Å². The molecule has 0 nitrogen and oxygen atoms in total. The van der Waals surface area contributed by atoms with Crippen LogP contribution in [0, 0.1) is 25.5 Å². The largest absolute Gasteiger partial charge is 0.203 e. The van der Waals surface area contributed by atoms with E-state index in [9.17, 15) is 8.78 Å². The Morgan fingerprint density at radius 2 is 1.38 bits per heavy atom. The van der Waals surface area contributed by atoms with Gasteiger partial charge < -0.3 is 0 Å². The molecule has 0 aliphatic rings. The molecular weight excluding hydrogens is 206 g/mol. The Morgan fingerprint density at radius 1 is 0.688 bits per heavy atom. The second kappa shape index (κ2) is 4.05. The van der Waals surface area contributed by atoms with E-state index in [0.29, 0.717) is 11.1 Å². The third-order valence-corrected chi connectivity index (χ3v) is 2.71. The Morgan fingerprint density at radius 3 is 2.06 bits per heavy atom. The van der Waals surface area contributed by atoms with Crippen molar-refractivity contribution in [3.8, 4) is 11.1 Å². The van der Waals surface area contributed by atoms with Crippen molar-refractivity contribution in [1.82, 2.24) is 0 Å². The maximum atomic E-state index is 13.8. The van der Waals surface area contributed by atoms with Gasteiger partial charge in [-0.1, -0.05) is 36.4 Å². The lowest BCUT2D eigenvalue weighted by molar-refractivity contribution is 0.505. The molecule has 0 aliphatic heterocycles. The quantitative estimate of drug-likeness (QED) is 0.671. The van der Waals surface area contributed by atoms with Crippen LogP contribution in [0.5, 0.6) is 0 Å². The summed E-state index contributed by atoms with van der Waals surface area (Å²) < 4.78 is 27.2. The molecule has 0 aromatic heterocycles. The minimum absolute atomic E-state index is 0.321. The molecule has 0 amide bonds. The topological polar surface area (TPSA) is 0 Å². The van der Waals surface area contributed by atoms with Gasteiger partial charge in [0.2, 0.25) is 0 Å². The number of benzene rings is 2. The molecule has 2 aromatic carbocycles. The highest BCUT2D eigenvalue weighted by Crippen LogP contribution is 2.28. The fourth-order valence-corrected chi connectivity index (χ4v) is 1.73. The zero-order chi connectivity index (χ0) is 11.7. The average molecular weight is 218 g/mol. The molecule has 0 aliphatic carbocycles. The third kappa shape index (κ3) is 1.71. The van der Waals surface area contributed by atoms with Gasteiger partial charge in [0.1, 0.15) is 0 Å². The molecule has 0 atom stereocenters. The minimum Gasteiger partial charge on any atom is -0.203 e. The monoisotopic (exact) mass is 218 g/mol. The normalized spacial score (nSPS) is 10.5. The van der Waals surface area contributed by atoms with Gasteiger partial charge in [0.25, 0.3) is 0 Å². The third-order valence-electron chi connectivity index (χ3n) is 2.71. The lowest BCUT2D eigenvalue weighted by atomic mass is 9.99. The molecular formula is C14H12F2. The summed E-state index contributed by atoms with van der Waals surface area (Å²) in [5, 5.41) is 0. The first kappa shape index (κ1) is 10.8. The van der Waals surface area contributed by atoms with Crippen LogP contribution in [0.25, 0.3) is 11.1 Å². The van der Waals surface area contributed by atoms with Gasteiger partial charge in [-0.15, -0.1) is 0 Å². The zero-order valence-corrected chi connectivity index (χ0v) is 9.22. The van der Waals surface area contributed by atoms with Crippen LogP contribution < -0.4 is 0 Å². The number of halogens is 2. The van der Waals surface area contributed by atoms with E-state index in [1.165, 1.54) is 0 Å². The summed E-state index contributed by atoms with van der Waals surface area (Å²) in [4.78, 5) is 0. The standard InChI is InChI=1S/C14H12F2/c1-9-5-3-4-6-11(9)12-8-7-10(2)13(15)14(12)16/h3-8H,1-2H3. The summed E-state index contributed by atoms with van der Waals surface area (Å²) in [7, 11) is 0. The summed E-state index contributed by atoms with van der Waals surface area (Å²) >= 11 is 0. The Hall–Kier alpha value is -1.70. The van der Waals surface area contributed by atoms with E-state index in [-0.39, 0.29) is 0 Å². The van der Waals surface area contributed by atoms with Crippen LogP contribution >= 0.6 is 0 Å². The molecule has 0 radical (unpaired) electrons. The highest BCUT2D eigenvalue weighted by molar-refractivity contribution is 5.68. The van der Waals surface area contributed by atoms with E-state index in [0.717, 1.165) is 11.1 Å². The van der Waals surface area contributed by atoms with Crippen LogP contribution in [0.1, 0.15) is 11.1 Å². The molecule has 0 bridgehead atoms. The van der Waals surface area contributed by atoms with Crippen molar-refractivity contribution in [2.45, 2.75) is 13.8 Å². The highest BCUT2D eigenvalue weighted by atomic mass is 19.2. The first-order valence-electron chi connectivity index (χ1n) is 5.12. The predicted octanol–water partition coefficient (Wildman–Crippen LogP) is 4.25. The molecule has 0 fully saturated rings. The second-order valence-corrected chi connectivity index (χ2v) is 3.87. The summed E-state index contributed by atoms with van der Waals surface area (Å²) in [6.45, 7) is 3.44. The Bertz CT molecular complexity index is 530. The molecule has 0 spiro atoms. The van der Waals surface area contributed by atoms with Gasteiger partial charge in [-0.25, -0.2) is 8.78 Å². The van der Waals surface area contributed by atoms with Crippen molar-refractivity contribution in [2.75, 3.05) is 0 Å². The number of aryl methyl sites for hydroxylation is 2. The smallest absolute Gasteiger partial charge is 0.166 e. The maximum Gasteiger partial charge on any atom is 0.166 e. The first-order valence-corrected chi connectivity index (χ1v) is 5.12. The average Bonchev–Trinajstić information content (AvgIpc) is 2.28. The van der Waals surface area contributed by atoms with Crippen LogP contribution in [-0.2, 0) is 0 Å². The van der Waals surface area contributed by atoms with E-state index in [4.69, 9.17) is 0 Å². The zero-order valence-electron chi connectivity index (χ0n) is 9.22. The molecule has 2 aromatic rings. The molecule has 0 saturated carbocycles. The highest BCUT2D eigenvalue weighted by Gasteiger charge is 2.13. The SMILES string of the molecule is Cc1ccccc1-c1ccc(C)c(F)c1F. The first-order chi connectivity index (χ1) is 7.61. The van der Waals surface area contributed by atoms with E-state index >= 15 is 0 Å². The van der Waals surface area contributed by atoms with E-state index < -0.39 is 11.6 Å². The summed E-state index contributed by atoms with van der Waals surface area (Å²) in [6, 6.07) is 10.6. The van der Waals surface area contributed by atoms with Crippen molar-refractivity contribution in [2.24, 2.45) is 0 Å². The van der Waals surface area contributed by atoms with Gasteiger partial charge in [-0.3, -0.25) is 0 Å². The van der Waals surface area contributed by atoms with Gasteiger partial charge >= 0.3 is 0 Å². The summed E-state index contributed by atoms with van der Waals surface area (Å²) in [5.74, 6) is -1.53. The fourth-order valence-electron chi connectivity index (χ4n) is 1.73. The molecule has 2 rings (SSSR count). The van der Waals surface area contributed by atoms with Crippen molar-refractivity contribution < 1.29 is 8.78 Å². The second-order valence-electron chi connectivity index (χ2n) is 3.87. The summed E-state index contributed by atoms with van der Waals surface area (Å²) in [6.07, 6.45) is 0. The van der Waals surface area contributed by atoms with E-state index in [2.05, 4.69) is 0 Å². The van der Waals surface area contributed by atoms with Gasteiger partial charge in [-0.2, -0.15) is 0 Å². The van der Waals surface area contributed by atoms with E-state index in [1.807, 2.05) is 25.1 Å². The van der Waals surface area contributed by atoms with Crippen LogP contribution in [0.3, 0.4) is 0 Å². The van der Waals surface area contributed by atoms with E-state index in [1.54, 1.807) is 25.1 Å². The molecule has 0 unspecified atom stereocenters. The Kier molecular flexibility index (Phi) is 2.73. The minimum atomic E-state index is -0.769. The molecule has 0 saturated heterocycles. The molecule has 0 heterocycles. The number of hydrogen-bond acceptors (Lipinski definition) is 0. The summed E-state index contributed by atoms with van der Waals surface area (Å²) in [5.41, 5.74) is 2.32. The number of hydrogen-bond donors (Lipinski definition) is 0. The van der Waals surface area contributed by atoms with Crippen molar-refractivity contribution in [3.05, 3.63) is 59.2 Å². The number of rotatable bonds is 1. The Labute approximate surface area is 93.5 Å². The Balaban J connectivity index is 2.66. The molecule has 16 heavy (non-hydrogen) atoms. The van der Waals surface area contributed by atoms with Crippen LogP contribution in [0.4, 0.5) is 8.78 Å². The van der Waals surface area contributed by atoms with Gasteiger partial charge in [0, 0.05) is 5.56 Å². The lowest BCUT2D eigenvalue weighted by Crippen LogP contribution is -1.94. The van der Waals surface area contributed by atoms with Gasteiger partial charge in [0.15, 0.2) is 11.6 Å². The van der Waals surface area contributed by atoms with Crippen LogP contribution in [-0.4, -0.2) is 0 Å². The van der Waals surface area contributed by atoms with Gasteiger partial charge in [0.05, 0.1) is 0 Å². The van der Waals surface area contributed by atoms with Crippen molar-refractivity contribution in [3.63, 3.8) is 0 Å². The van der Waals surface area contributed by atoms with Crippen molar-refractivity contribution >= 4 is 0 Å². The fraction of sp³-hybridized carbons (Fsp3) is 0.143. The van der Waals surface area contributed by atoms with Gasteiger partial charge in [-0.05, 0) is 30.5 Å². The van der Waals surface area contributed by atoms with Crippen LogP contribution in [0.2, 0.25) is 0 Å². The maximum absolute atomic E-state index is 13.8.